The van der Waals surface area contributed by atoms with Crippen LogP contribution in [-0.4, -0.2) is 12.1 Å². The molecule has 0 radical (unpaired) electrons. The van der Waals surface area contributed by atoms with Gasteiger partial charge in [-0.25, -0.2) is 9.37 Å². The van der Waals surface area contributed by atoms with E-state index in [0.29, 0.717) is 0 Å². The van der Waals surface area contributed by atoms with Gasteiger partial charge in [0.2, 0.25) is 5.95 Å². The van der Waals surface area contributed by atoms with E-state index in [1.54, 1.807) is 7.11 Å². The SMILES string of the molecule is COc1ccc(Sc2ccnc(F)c2F)cc1C(C)C. The van der Waals surface area contributed by atoms with E-state index < -0.39 is 11.8 Å². The molecule has 0 spiro atoms. The zero-order valence-electron chi connectivity index (χ0n) is 11.5. The average Bonchev–Trinajstić information content (AvgIpc) is 2.43. The second-order valence-electron chi connectivity index (χ2n) is 4.57. The van der Waals surface area contributed by atoms with Gasteiger partial charge in [0.15, 0.2) is 5.82 Å². The van der Waals surface area contributed by atoms with E-state index >= 15 is 0 Å². The number of hydrogen-bond acceptors (Lipinski definition) is 3. The Morgan fingerprint density at radius 3 is 2.60 bits per heavy atom. The maximum atomic E-state index is 13.6. The summed E-state index contributed by atoms with van der Waals surface area (Å²) < 4.78 is 32.0. The molecule has 0 saturated carbocycles. The summed E-state index contributed by atoms with van der Waals surface area (Å²) in [5.74, 6) is -0.915. The summed E-state index contributed by atoms with van der Waals surface area (Å²) in [6.07, 6.45) is 1.26. The van der Waals surface area contributed by atoms with Gasteiger partial charge in [-0.1, -0.05) is 25.6 Å². The summed E-state index contributed by atoms with van der Waals surface area (Å²) in [7, 11) is 1.62. The molecular weight excluding hydrogens is 280 g/mol. The first-order valence-corrected chi connectivity index (χ1v) is 7.00. The number of aromatic nitrogens is 1. The van der Waals surface area contributed by atoms with Crippen LogP contribution < -0.4 is 4.74 Å². The Morgan fingerprint density at radius 2 is 1.95 bits per heavy atom. The normalized spacial score (nSPS) is 10.9. The van der Waals surface area contributed by atoms with Crippen molar-refractivity contribution >= 4 is 11.8 Å². The number of methoxy groups -OCH3 is 1. The van der Waals surface area contributed by atoms with Crippen LogP contribution in [0, 0.1) is 11.8 Å². The van der Waals surface area contributed by atoms with Gasteiger partial charge in [0, 0.05) is 11.1 Å². The van der Waals surface area contributed by atoms with Gasteiger partial charge in [-0.05, 0) is 35.7 Å². The predicted octanol–water partition coefficient (Wildman–Crippen LogP) is 4.64. The Bertz CT molecular complexity index is 617. The summed E-state index contributed by atoms with van der Waals surface area (Å²) >= 11 is 1.17. The monoisotopic (exact) mass is 295 g/mol. The Kier molecular flexibility index (Phi) is 4.60. The Labute approximate surface area is 121 Å². The van der Waals surface area contributed by atoms with Crippen molar-refractivity contribution in [2.24, 2.45) is 0 Å². The quantitative estimate of drug-likeness (QED) is 0.767. The minimum absolute atomic E-state index is 0.220. The molecule has 0 aliphatic rings. The van der Waals surface area contributed by atoms with E-state index in [2.05, 4.69) is 18.8 Å². The number of pyridine rings is 1. The highest BCUT2D eigenvalue weighted by Gasteiger charge is 2.13. The van der Waals surface area contributed by atoms with Crippen LogP contribution in [-0.2, 0) is 0 Å². The van der Waals surface area contributed by atoms with Gasteiger partial charge in [0.1, 0.15) is 5.75 Å². The van der Waals surface area contributed by atoms with Gasteiger partial charge in [-0.15, -0.1) is 0 Å². The summed E-state index contributed by atoms with van der Waals surface area (Å²) in [5.41, 5.74) is 1.03. The largest absolute Gasteiger partial charge is 0.496 e. The molecule has 0 aliphatic heterocycles. The Morgan fingerprint density at radius 1 is 1.20 bits per heavy atom. The van der Waals surface area contributed by atoms with Crippen molar-refractivity contribution in [3.05, 3.63) is 47.8 Å². The van der Waals surface area contributed by atoms with Gasteiger partial charge in [0.25, 0.3) is 0 Å². The van der Waals surface area contributed by atoms with Gasteiger partial charge in [-0.3, -0.25) is 0 Å². The van der Waals surface area contributed by atoms with Crippen LogP contribution in [0.5, 0.6) is 5.75 Å². The molecule has 0 fully saturated rings. The highest BCUT2D eigenvalue weighted by Crippen LogP contribution is 2.35. The molecule has 0 saturated heterocycles. The van der Waals surface area contributed by atoms with Crippen LogP contribution in [0.3, 0.4) is 0 Å². The highest BCUT2D eigenvalue weighted by atomic mass is 32.2. The van der Waals surface area contributed by atoms with Crippen molar-refractivity contribution in [3.8, 4) is 5.75 Å². The van der Waals surface area contributed by atoms with Crippen LogP contribution >= 0.6 is 11.8 Å². The fourth-order valence-corrected chi connectivity index (χ4v) is 2.71. The Balaban J connectivity index is 2.34. The second-order valence-corrected chi connectivity index (χ2v) is 5.69. The molecule has 0 aliphatic carbocycles. The Hall–Kier alpha value is -1.62. The third-order valence-corrected chi connectivity index (χ3v) is 3.89. The average molecular weight is 295 g/mol. The van der Waals surface area contributed by atoms with E-state index in [-0.39, 0.29) is 10.8 Å². The zero-order valence-corrected chi connectivity index (χ0v) is 12.3. The van der Waals surface area contributed by atoms with E-state index in [0.717, 1.165) is 16.2 Å². The first-order valence-electron chi connectivity index (χ1n) is 6.18. The minimum atomic E-state index is -1.08. The number of halogens is 2. The molecule has 0 N–H and O–H groups in total. The summed E-state index contributed by atoms with van der Waals surface area (Å²) in [4.78, 5) is 4.33. The number of nitrogens with zero attached hydrogens (tertiary/aromatic N) is 1. The zero-order chi connectivity index (χ0) is 14.7. The van der Waals surface area contributed by atoms with E-state index in [9.17, 15) is 8.78 Å². The fraction of sp³-hybridized carbons (Fsp3) is 0.267. The maximum absolute atomic E-state index is 13.6. The van der Waals surface area contributed by atoms with Crippen LogP contribution in [0.15, 0.2) is 40.3 Å². The summed E-state index contributed by atoms with van der Waals surface area (Å²) in [6.45, 7) is 4.11. The van der Waals surface area contributed by atoms with Crippen molar-refractivity contribution < 1.29 is 13.5 Å². The van der Waals surface area contributed by atoms with E-state index in [4.69, 9.17) is 4.74 Å². The molecule has 5 heteroatoms. The number of benzene rings is 1. The minimum Gasteiger partial charge on any atom is -0.496 e. The van der Waals surface area contributed by atoms with Crippen molar-refractivity contribution in [2.75, 3.05) is 7.11 Å². The van der Waals surface area contributed by atoms with E-state index in [1.807, 2.05) is 18.2 Å². The van der Waals surface area contributed by atoms with Gasteiger partial charge in [0.05, 0.1) is 12.0 Å². The lowest BCUT2D eigenvalue weighted by atomic mass is 10.0. The van der Waals surface area contributed by atoms with Crippen molar-refractivity contribution in [2.45, 2.75) is 29.6 Å². The van der Waals surface area contributed by atoms with Gasteiger partial charge in [-0.2, -0.15) is 4.39 Å². The smallest absolute Gasteiger partial charge is 0.250 e. The first-order chi connectivity index (χ1) is 9.52. The van der Waals surface area contributed by atoms with Crippen LogP contribution in [0.4, 0.5) is 8.78 Å². The maximum Gasteiger partial charge on any atom is 0.250 e. The molecule has 2 nitrogen and oxygen atoms in total. The van der Waals surface area contributed by atoms with Crippen LogP contribution in [0.1, 0.15) is 25.3 Å². The van der Waals surface area contributed by atoms with Crippen molar-refractivity contribution in [1.29, 1.82) is 0 Å². The molecule has 2 aromatic rings. The lowest BCUT2D eigenvalue weighted by Crippen LogP contribution is -1.95. The predicted molar refractivity (Wildman–Crippen MR) is 75.4 cm³/mol. The molecule has 0 bridgehead atoms. The van der Waals surface area contributed by atoms with E-state index in [1.165, 1.54) is 24.0 Å². The first kappa shape index (κ1) is 14.8. The third kappa shape index (κ3) is 3.10. The van der Waals surface area contributed by atoms with Crippen molar-refractivity contribution in [1.82, 2.24) is 4.98 Å². The highest BCUT2D eigenvalue weighted by molar-refractivity contribution is 7.99. The lowest BCUT2D eigenvalue weighted by molar-refractivity contribution is 0.407. The molecule has 0 unspecified atom stereocenters. The second kappa shape index (κ2) is 6.22. The molecule has 106 valence electrons. The molecule has 20 heavy (non-hydrogen) atoms. The molecule has 1 heterocycles. The fourth-order valence-electron chi connectivity index (χ4n) is 1.83. The molecule has 0 atom stereocenters. The summed E-state index contributed by atoms with van der Waals surface area (Å²) in [5, 5.41) is 0. The molecule has 0 amide bonds. The molecule has 2 rings (SSSR count). The number of hydrogen-bond donors (Lipinski definition) is 0. The number of rotatable bonds is 4. The number of ether oxygens (including phenoxy) is 1. The lowest BCUT2D eigenvalue weighted by Gasteiger charge is -2.13. The van der Waals surface area contributed by atoms with Gasteiger partial charge >= 0.3 is 0 Å². The summed E-state index contributed by atoms with van der Waals surface area (Å²) in [6, 6.07) is 7.06. The van der Waals surface area contributed by atoms with Gasteiger partial charge < -0.3 is 4.74 Å². The molecular formula is C15H15F2NOS. The van der Waals surface area contributed by atoms with Crippen LogP contribution in [0.2, 0.25) is 0 Å². The molecule has 1 aromatic carbocycles. The van der Waals surface area contributed by atoms with Crippen molar-refractivity contribution in [3.63, 3.8) is 0 Å². The van der Waals surface area contributed by atoms with Crippen LogP contribution in [0.25, 0.3) is 0 Å². The standard InChI is InChI=1S/C15H15F2NOS/c1-9(2)11-8-10(4-5-12(11)19-3)20-13-6-7-18-15(17)14(13)16/h4-9H,1-3H3. The third-order valence-electron chi connectivity index (χ3n) is 2.86. The molecule has 1 aromatic heterocycles. The topological polar surface area (TPSA) is 22.1 Å².